The summed E-state index contributed by atoms with van der Waals surface area (Å²) in [4.78, 5) is 2.53. The Balaban J connectivity index is 0.00000176. The molecule has 2 atom stereocenters. The number of benzene rings is 1. The van der Waals surface area contributed by atoms with Crippen LogP contribution in [0, 0.1) is 5.92 Å². The van der Waals surface area contributed by atoms with Crippen LogP contribution >= 0.6 is 12.4 Å². The third kappa shape index (κ3) is 2.99. The van der Waals surface area contributed by atoms with Crippen LogP contribution in [0.2, 0.25) is 0 Å². The highest BCUT2D eigenvalue weighted by Gasteiger charge is 2.46. The zero-order valence-electron chi connectivity index (χ0n) is 13.8. The van der Waals surface area contributed by atoms with Crippen molar-refractivity contribution < 1.29 is 9.84 Å². The summed E-state index contributed by atoms with van der Waals surface area (Å²) in [5.74, 6) is 1.14. The molecule has 3 rings (SSSR count). The molecule has 1 aromatic rings. The highest BCUT2D eigenvalue weighted by atomic mass is 35.5. The minimum atomic E-state index is -0.358. The van der Waals surface area contributed by atoms with Crippen LogP contribution in [0.1, 0.15) is 50.3 Å². The van der Waals surface area contributed by atoms with Gasteiger partial charge in [0.1, 0.15) is 5.75 Å². The lowest BCUT2D eigenvalue weighted by Gasteiger charge is -2.36. The van der Waals surface area contributed by atoms with Gasteiger partial charge in [-0.1, -0.05) is 26.3 Å². The van der Waals surface area contributed by atoms with Crippen LogP contribution in [0.4, 0.5) is 0 Å². The molecule has 1 saturated heterocycles. The molecule has 4 heteroatoms. The molecule has 124 valence electrons. The normalized spacial score (nSPS) is 27.1. The number of ether oxygens (including phenoxy) is 1. The van der Waals surface area contributed by atoms with Crippen molar-refractivity contribution in [1.82, 2.24) is 4.90 Å². The molecule has 1 N–H and O–H groups in total. The molecule has 1 aliphatic heterocycles. The summed E-state index contributed by atoms with van der Waals surface area (Å²) in [6.07, 6.45) is 3.58. The number of likely N-dealkylation sites (tertiary alicyclic amines) is 1. The topological polar surface area (TPSA) is 32.7 Å². The highest BCUT2D eigenvalue weighted by molar-refractivity contribution is 5.85. The summed E-state index contributed by atoms with van der Waals surface area (Å²) >= 11 is 0. The predicted molar refractivity (Wildman–Crippen MR) is 92.0 cm³/mol. The molecular weight excluding hydrogens is 298 g/mol. The molecule has 1 aliphatic carbocycles. The van der Waals surface area contributed by atoms with E-state index in [-0.39, 0.29) is 29.8 Å². The number of nitrogens with zero attached hydrogens (tertiary/aromatic N) is 1. The first-order valence-corrected chi connectivity index (χ1v) is 8.13. The molecule has 1 aromatic carbocycles. The van der Waals surface area contributed by atoms with E-state index in [4.69, 9.17) is 4.74 Å². The van der Waals surface area contributed by atoms with E-state index in [9.17, 15) is 5.11 Å². The quantitative estimate of drug-likeness (QED) is 0.922. The fraction of sp³-hybridized carbons (Fsp3) is 0.667. The average Bonchev–Trinajstić information content (AvgIpc) is 2.69. The number of hydrogen-bond acceptors (Lipinski definition) is 3. The van der Waals surface area contributed by atoms with E-state index in [1.54, 1.807) is 7.11 Å². The van der Waals surface area contributed by atoms with Crippen LogP contribution in [-0.4, -0.2) is 36.8 Å². The molecule has 22 heavy (non-hydrogen) atoms. The minimum absolute atomic E-state index is 0. The van der Waals surface area contributed by atoms with Crippen LogP contribution in [0.3, 0.4) is 0 Å². The Morgan fingerprint density at radius 2 is 1.91 bits per heavy atom. The van der Waals surface area contributed by atoms with E-state index in [0.29, 0.717) is 0 Å². The second-order valence-electron chi connectivity index (χ2n) is 7.09. The Kier molecular flexibility index (Phi) is 5.41. The van der Waals surface area contributed by atoms with Crippen molar-refractivity contribution in [2.24, 2.45) is 5.92 Å². The molecular formula is C18H28ClNO2. The Labute approximate surface area is 140 Å². The molecule has 0 unspecified atom stereocenters. The summed E-state index contributed by atoms with van der Waals surface area (Å²) in [6.45, 7) is 7.87. The Morgan fingerprint density at radius 1 is 1.23 bits per heavy atom. The van der Waals surface area contributed by atoms with Crippen LogP contribution in [-0.2, 0) is 5.41 Å². The summed E-state index contributed by atoms with van der Waals surface area (Å²) < 4.78 is 5.36. The number of halogens is 1. The van der Waals surface area contributed by atoms with E-state index >= 15 is 0 Å². The van der Waals surface area contributed by atoms with E-state index < -0.39 is 0 Å². The third-order valence-electron chi connectivity index (χ3n) is 5.48. The number of fused-ring (bicyclic) bond motifs is 1. The smallest absolute Gasteiger partial charge is 0.119 e. The van der Waals surface area contributed by atoms with Crippen molar-refractivity contribution in [1.29, 1.82) is 0 Å². The number of hydrogen-bond donors (Lipinski definition) is 1. The fourth-order valence-electron chi connectivity index (χ4n) is 4.04. The van der Waals surface area contributed by atoms with E-state index in [0.717, 1.165) is 17.9 Å². The zero-order valence-corrected chi connectivity index (χ0v) is 14.7. The maximum atomic E-state index is 10.8. The van der Waals surface area contributed by atoms with Crippen LogP contribution in [0.15, 0.2) is 18.2 Å². The number of aliphatic hydroxyl groups is 1. The Morgan fingerprint density at radius 3 is 2.55 bits per heavy atom. The summed E-state index contributed by atoms with van der Waals surface area (Å²) in [5, 5.41) is 10.8. The minimum Gasteiger partial charge on any atom is -0.497 e. The number of aliphatic hydroxyl groups excluding tert-OH is 1. The first-order valence-electron chi connectivity index (χ1n) is 8.13. The maximum absolute atomic E-state index is 10.8. The molecule has 0 bridgehead atoms. The molecule has 1 fully saturated rings. The van der Waals surface area contributed by atoms with Gasteiger partial charge in [-0.15, -0.1) is 12.4 Å². The second-order valence-corrected chi connectivity index (χ2v) is 7.09. The van der Waals surface area contributed by atoms with Gasteiger partial charge >= 0.3 is 0 Å². The van der Waals surface area contributed by atoms with Crippen molar-refractivity contribution in [2.75, 3.05) is 26.7 Å². The third-order valence-corrected chi connectivity index (χ3v) is 5.48. The summed E-state index contributed by atoms with van der Waals surface area (Å²) in [5.41, 5.74) is 2.32. The summed E-state index contributed by atoms with van der Waals surface area (Å²) in [7, 11) is 1.70. The van der Waals surface area contributed by atoms with E-state index in [2.05, 4.69) is 24.8 Å². The number of piperidine rings is 1. The fourth-order valence-corrected chi connectivity index (χ4v) is 4.04. The van der Waals surface area contributed by atoms with Crippen LogP contribution in [0.25, 0.3) is 0 Å². The SMILES string of the molecule is COc1ccc2c(c1)C(C)(C)[C@@H](CN1CCCCC1)[C@@H]2O.Cl. The molecule has 0 aromatic heterocycles. The molecule has 0 saturated carbocycles. The average molecular weight is 326 g/mol. The molecule has 1 heterocycles. The zero-order chi connectivity index (χ0) is 15.0. The monoisotopic (exact) mass is 325 g/mol. The van der Waals surface area contributed by atoms with Crippen molar-refractivity contribution in [3.05, 3.63) is 29.3 Å². The lowest BCUT2D eigenvalue weighted by atomic mass is 9.77. The molecule has 0 amide bonds. The van der Waals surface area contributed by atoms with Crippen LogP contribution in [0.5, 0.6) is 5.75 Å². The predicted octanol–water partition coefficient (Wildman–Crippen LogP) is 3.54. The second kappa shape index (κ2) is 6.77. The maximum Gasteiger partial charge on any atom is 0.119 e. The number of methoxy groups -OCH3 is 1. The lowest BCUT2D eigenvalue weighted by molar-refractivity contribution is 0.0541. The molecule has 2 aliphatic rings. The Hall–Kier alpha value is -0.770. The summed E-state index contributed by atoms with van der Waals surface area (Å²) in [6, 6.07) is 6.10. The Bertz CT molecular complexity index is 512. The van der Waals surface area contributed by atoms with Gasteiger partial charge in [0, 0.05) is 12.5 Å². The van der Waals surface area contributed by atoms with Crippen molar-refractivity contribution in [3.8, 4) is 5.75 Å². The van der Waals surface area contributed by atoms with Gasteiger partial charge in [0.2, 0.25) is 0 Å². The molecule has 0 spiro atoms. The largest absolute Gasteiger partial charge is 0.497 e. The van der Waals surface area contributed by atoms with E-state index in [1.807, 2.05) is 12.1 Å². The van der Waals surface area contributed by atoms with Gasteiger partial charge in [-0.2, -0.15) is 0 Å². The van der Waals surface area contributed by atoms with Gasteiger partial charge in [0.05, 0.1) is 13.2 Å². The molecule has 3 nitrogen and oxygen atoms in total. The van der Waals surface area contributed by atoms with Crippen molar-refractivity contribution in [2.45, 2.75) is 44.6 Å². The first kappa shape index (κ1) is 17.6. The van der Waals surface area contributed by atoms with Crippen molar-refractivity contribution in [3.63, 3.8) is 0 Å². The lowest BCUT2D eigenvalue weighted by Crippen LogP contribution is -2.40. The van der Waals surface area contributed by atoms with Gasteiger partial charge in [-0.05, 0) is 54.6 Å². The van der Waals surface area contributed by atoms with Crippen molar-refractivity contribution >= 4 is 12.4 Å². The van der Waals surface area contributed by atoms with E-state index in [1.165, 1.54) is 37.9 Å². The molecule has 0 radical (unpaired) electrons. The van der Waals surface area contributed by atoms with Gasteiger partial charge < -0.3 is 14.7 Å². The first-order chi connectivity index (χ1) is 10.0. The highest BCUT2D eigenvalue weighted by Crippen LogP contribution is 2.50. The van der Waals surface area contributed by atoms with Gasteiger partial charge in [0.15, 0.2) is 0 Å². The number of rotatable bonds is 3. The standard InChI is InChI=1S/C18H27NO2.ClH/c1-18(2)15-11-13(21-3)7-8-14(15)17(20)16(18)12-19-9-5-4-6-10-19;/h7-8,11,16-17,20H,4-6,9-10,12H2,1-3H3;1H/t16-,17+;/m0./s1. The van der Waals surface area contributed by atoms with Crippen LogP contribution < -0.4 is 4.74 Å². The van der Waals surface area contributed by atoms with Gasteiger partial charge in [-0.25, -0.2) is 0 Å². The van der Waals surface area contributed by atoms with Gasteiger partial charge in [0.25, 0.3) is 0 Å². The van der Waals surface area contributed by atoms with Gasteiger partial charge in [-0.3, -0.25) is 0 Å².